The van der Waals surface area contributed by atoms with E-state index in [1.165, 1.54) is 0 Å². The zero-order valence-electron chi connectivity index (χ0n) is 15.9. The molecule has 0 saturated carbocycles. The molecule has 1 N–H and O–H groups in total. The van der Waals surface area contributed by atoms with Gasteiger partial charge in [0.25, 0.3) is 0 Å². The molecule has 0 spiro atoms. The molecule has 0 aliphatic rings. The molecule has 0 bridgehead atoms. The van der Waals surface area contributed by atoms with Gasteiger partial charge in [-0.2, -0.15) is 0 Å². The van der Waals surface area contributed by atoms with Crippen LogP contribution in [0, 0.1) is 0 Å². The number of anilines is 1. The highest BCUT2D eigenvalue weighted by Crippen LogP contribution is 2.28. The molecule has 0 aliphatic carbocycles. The predicted octanol–water partition coefficient (Wildman–Crippen LogP) is 4.51. The Kier molecular flexibility index (Phi) is 7.78. The minimum atomic E-state index is -0.322. The molecular weight excluding hydrogens is 387 g/mol. The number of benzene rings is 2. The van der Waals surface area contributed by atoms with Crippen molar-refractivity contribution in [2.75, 3.05) is 33.1 Å². The molecule has 2 aromatic rings. The fraction of sp³-hybridized carbons (Fsp3) is 0.350. The van der Waals surface area contributed by atoms with Crippen molar-refractivity contribution in [2.24, 2.45) is 0 Å². The average Bonchev–Trinajstić information content (AvgIpc) is 2.67. The molecule has 0 aromatic heterocycles. The fourth-order valence-corrected chi connectivity index (χ4v) is 3.02. The lowest BCUT2D eigenvalue weighted by molar-refractivity contribution is -0.120. The zero-order chi connectivity index (χ0) is 20.0. The van der Waals surface area contributed by atoms with Gasteiger partial charge in [-0.3, -0.25) is 9.69 Å². The van der Waals surface area contributed by atoms with Crippen LogP contribution in [-0.4, -0.2) is 44.7 Å². The van der Waals surface area contributed by atoms with Gasteiger partial charge in [-0.25, -0.2) is 0 Å². The van der Waals surface area contributed by atoms with Crippen molar-refractivity contribution >= 4 is 34.8 Å². The summed E-state index contributed by atoms with van der Waals surface area (Å²) in [7, 11) is 5.13. The average molecular weight is 411 g/mol. The van der Waals surface area contributed by atoms with Gasteiger partial charge in [0.1, 0.15) is 0 Å². The first-order chi connectivity index (χ1) is 12.8. The molecule has 1 atom stereocenters. The number of amides is 1. The molecular formula is C20H24Cl2N2O3. The van der Waals surface area contributed by atoms with E-state index in [0.717, 1.165) is 12.0 Å². The first-order valence-corrected chi connectivity index (χ1v) is 9.28. The Bertz CT molecular complexity index is 799. The fourth-order valence-electron chi connectivity index (χ4n) is 2.56. The monoisotopic (exact) mass is 410 g/mol. The lowest BCUT2D eigenvalue weighted by atomic mass is 10.1. The van der Waals surface area contributed by atoms with Gasteiger partial charge in [0.05, 0.1) is 31.0 Å². The number of nitrogens with one attached hydrogen (secondary N) is 1. The number of likely N-dealkylation sites (N-methyl/N-ethyl adjacent to an activating group) is 1. The minimum absolute atomic E-state index is 0.131. The zero-order valence-corrected chi connectivity index (χ0v) is 17.4. The second-order valence-electron chi connectivity index (χ2n) is 6.21. The van der Waals surface area contributed by atoms with E-state index >= 15 is 0 Å². The van der Waals surface area contributed by atoms with Crippen LogP contribution in [-0.2, 0) is 11.2 Å². The van der Waals surface area contributed by atoms with Crippen LogP contribution in [0.3, 0.4) is 0 Å². The molecule has 0 aliphatic heterocycles. The third-order valence-corrected chi connectivity index (χ3v) is 4.98. The van der Waals surface area contributed by atoms with Crippen LogP contribution >= 0.6 is 23.2 Å². The third-order valence-electron chi connectivity index (χ3n) is 4.43. The van der Waals surface area contributed by atoms with Gasteiger partial charge in [-0.05, 0) is 56.3 Å². The molecule has 27 heavy (non-hydrogen) atoms. The number of ether oxygens (including phenoxy) is 2. The summed E-state index contributed by atoms with van der Waals surface area (Å²) in [6, 6.07) is 10.5. The Morgan fingerprint density at radius 2 is 1.81 bits per heavy atom. The normalized spacial score (nSPS) is 12.0. The highest BCUT2D eigenvalue weighted by molar-refractivity contribution is 6.36. The Hall–Kier alpha value is -1.95. The molecule has 0 saturated heterocycles. The second kappa shape index (κ2) is 9.83. The molecule has 146 valence electrons. The van der Waals surface area contributed by atoms with E-state index in [0.29, 0.717) is 33.8 Å². The molecule has 0 unspecified atom stereocenters. The van der Waals surface area contributed by atoms with Crippen molar-refractivity contribution in [1.82, 2.24) is 4.90 Å². The molecule has 5 nitrogen and oxygen atoms in total. The van der Waals surface area contributed by atoms with Gasteiger partial charge in [0.2, 0.25) is 5.91 Å². The Labute approximate surface area is 170 Å². The number of hydrogen-bond acceptors (Lipinski definition) is 4. The molecule has 2 rings (SSSR count). The van der Waals surface area contributed by atoms with Crippen molar-refractivity contribution in [2.45, 2.75) is 19.4 Å². The second-order valence-corrected chi connectivity index (χ2v) is 7.05. The first-order valence-electron chi connectivity index (χ1n) is 8.52. The van der Waals surface area contributed by atoms with Gasteiger partial charge in [0.15, 0.2) is 11.5 Å². The summed E-state index contributed by atoms with van der Waals surface area (Å²) >= 11 is 12.0. The van der Waals surface area contributed by atoms with E-state index in [1.807, 2.05) is 37.1 Å². The van der Waals surface area contributed by atoms with Gasteiger partial charge in [-0.15, -0.1) is 0 Å². The van der Waals surface area contributed by atoms with Crippen molar-refractivity contribution in [3.8, 4) is 11.5 Å². The summed E-state index contributed by atoms with van der Waals surface area (Å²) in [4.78, 5) is 14.5. The quantitative estimate of drug-likeness (QED) is 0.695. The van der Waals surface area contributed by atoms with Crippen LogP contribution in [0.5, 0.6) is 11.5 Å². The van der Waals surface area contributed by atoms with Crippen molar-refractivity contribution in [3.63, 3.8) is 0 Å². The van der Waals surface area contributed by atoms with Crippen molar-refractivity contribution in [1.29, 1.82) is 0 Å². The lowest BCUT2D eigenvalue weighted by Crippen LogP contribution is -2.40. The topological polar surface area (TPSA) is 50.8 Å². The summed E-state index contributed by atoms with van der Waals surface area (Å²) in [6.45, 7) is 2.56. The Balaban J connectivity index is 1.94. The standard InChI is InChI=1S/C20H24Cl2N2O3/c1-13(20(25)23-17-7-6-15(21)12-16(17)22)24(2)10-9-14-5-8-18(26-3)19(11-14)27-4/h5-8,11-13H,9-10H2,1-4H3,(H,23,25)/t13-/m1/s1. The number of carbonyl (C=O) groups excluding carboxylic acids is 1. The molecule has 7 heteroatoms. The number of carbonyl (C=O) groups is 1. The minimum Gasteiger partial charge on any atom is -0.493 e. The highest BCUT2D eigenvalue weighted by atomic mass is 35.5. The van der Waals surface area contributed by atoms with Crippen molar-refractivity contribution in [3.05, 3.63) is 52.0 Å². The summed E-state index contributed by atoms with van der Waals surface area (Å²) in [5.74, 6) is 1.26. The van der Waals surface area contributed by atoms with E-state index in [2.05, 4.69) is 5.32 Å². The van der Waals surface area contributed by atoms with E-state index in [-0.39, 0.29) is 11.9 Å². The van der Waals surface area contributed by atoms with Crippen LogP contribution in [0.15, 0.2) is 36.4 Å². The summed E-state index contributed by atoms with van der Waals surface area (Å²) in [5.41, 5.74) is 1.65. The van der Waals surface area contributed by atoms with Crippen LogP contribution in [0.2, 0.25) is 10.0 Å². The smallest absolute Gasteiger partial charge is 0.241 e. The summed E-state index contributed by atoms with van der Waals surface area (Å²) in [5, 5.41) is 3.78. The van der Waals surface area contributed by atoms with Crippen LogP contribution in [0.25, 0.3) is 0 Å². The maximum Gasteiger partial charge on any atom is 0.241 e. The largest absolute Gasteiger partial charge is 0.493 e. The number of hydrogen-bond donors (Lipinski definition) is 1. The SMILES string of the molecule is COc1ccc(CCN(C)[C@H](C)C(=O)Nc2ccc(Cl)cc2Cl)cc1OC. The third kappa shape index (κ3) is 5.76. The van der Waals surface area contributed by atoms with E-state index in [1.54, 1.807) is 32.4 Å². The van der Waals surface area contributed by atoms with Crippen molar-refractivity contribution < 1.29 is 14.3 Å². The van der Waals surface area contributed by atoms with Gasteiger partial charge in [-0.1, -0.05) is 29.3 Å². The van der Waals surface area contributed by atoms with E-state index < -0.39 is 0 Å². The molecule has 1 amide bonds. The van der Waals surface area contributed by atoms with Gasteiger partial charge >= 0.3 is 0 Å². The van der Waals surface area contributed by atoms with E-state index in [9.17, 15) is 4.79 Å². The van der Waals surface area contributed by atoms with Crippen LogP contribution in [0.1, 0.15) is 12.5 Å². The maximum absolute atomic E-state index is 12.5. The van der Waals surface area contributed by atoms with E-state index in [4.69, 9.17) is 32.7 Å². The molecule has 0 fully saturated rings. The Morgan fingerprint density at radius 1 is 1.11 bits per heavy atom. The maximum atomic E-state index is 12.5. The number of methoxy groups -OCH3 is 2. The van der Waals surface area contributed by atoms with Gasteiger partial charge < -0.3 is 14.8 Å². The molecule has 2 aromatic carbocycles. The number of nitrogens with zero attached hydrogens (tertiary/aromatic N) is 1. The number of rotatable bonds is 8. The molecule has 0 radical (unpaired) electrons. The van der Waals surface area contributed by atoms with Crippen LogP contribution < -0.4 is 14.8 Å². The van der Waals surface area contributed by atoms with Crippen LogP contribution in [0.4, 0.5) is 5.69 Å². The van der Waals surface area contributed by atoms with Gasteiger partial charge in [0, 0.05) is 11.6 Å². The number of halogens is 2. The Morgan fingerprint density at radius 3 is 2.44 bits per heavy atom. The lowest BCUT2D eigenvalue weighted by Gasteiger charge is -2.24. The highest BCUT2D eigenvalue weighted by Gasteiger charge is 2.19. The molecule has 0 heterocycles. The summed E-state index contributed by atoms with van der Waals surface area (Å²) in [6.07, 6.45) is 0.774. The predicted molar refractivity (Wildman–Crippen MR) is 110 cm³/mol. The summed E-state index contributed by atoms with van der Waals surface area (Å²) < 4.78 is 10.6. The first kappa shape index (κ1) is 21.4.